The molecule has 0 radical (unpaired) electrons. The second-order valence-corrected chi connectivity index (χ2v) is 7.26. The van der Waals surface area contributed by atoms with Crippen molar-refractivity contribution in [2.24, 2.45) is 0 Å². The zero-order valence-corrected chi connectivity index (χ0v) is 15.3. The van der Waals surface area contributed by atoms with Gasteiger partial charge in [0, 0.05) is 30.9 Å². The Labute approximate surface area is 160 Å². The summed E-state index contributed by atoms with van der Waals surface area (Å²) in [7, 11) is 0. The number of nitrogens with zero attached hydrogens (tertiary/aromatic N) is 3. The van der Waals surface area contributed by atoms with E-state index in [1.165, 1.54) is 23.0 Å². The number of amides is 1. The summed E-state index contributed by atoms with van der Waals surface area (Å²) in [5, 5.41) is 8.71. The van der Waals surface area contributed by atoms with Gasteiger partial charge in [0.25, 0.3) is 5.91 Å². The van der Waals surface area contributed by atoms with Crippen molar-refractivity contribution in [2.75, 3.05) is 6.54 Å². The minimum atomic E-state index is -0.880. The minimum absolute atomic E-state index is 0.0147. The maximum absolute atomic E-state index is 12.5. The van der Waals surface area contributed by atoms with E-state index < -0.39 is 5.97 Å². The molecule has 1 saturated heterocycles. The van der Waals surface area contributed by atoms with Gasteiger partial charge >= 0.3 is 5.97 Å². The number of benzene rings is 1. The van der Waals surface area contributed by atoms with Gasteiger partial charge in [-0.2, -0.15) is 0 Å². The molecule has 0 saturated carbocycles. The van der Waals surface area contributed by atoms with Crippen LogP contribution in [0.25, 0.3) is 17.2 Å². The van der Waals surface area contributed by atoms with E-state index in [1.807, 2.05) is 24.3 Å². The largest absolute Gasteiger partial charge is 0.481 e. The molecule has 1 aromatic heterocycles. The highest BCUT2D eigenvalue weighted by molar-refractivity contribution is 8.26. The van der Waals surface area contributed by atoms with Crippen LogP contribution >= 0.6 is 24.0 Å². The Hall–Kier alpha value is -2.58. The van der Waals surface area contributed by atoms with Gasteiger partial charge < -0.3 is 5.11 Å². The topological polar surface area (TPSA) is 83.4 Å². The van der Waals surface area contributed by atoms with Gasteiger partial charge in [-0.25, -0.2) is 9.97 Å². The van der Waals surface area contributed by atoms with E-state index in [0.717, 1.165) is 16.7 Å². The van der Waals surface area contributed by atoms with E-state index in [0.29, 0.717) is 22.2 Å². The molecule has 0 atom stereocenters. The summed E-state index contributed by atoms with van der Waals surface area (Å²) in [5.74, 6) is -1.05. The van der Waals surface area contributed by atoms with Crippen LogP contribution in [0.5, 0.6) is 0 Å². The van der Waals surface area contributed by atoms with Crippen LogP contribution in [0.2, 0.25) is 0 Å². The Balaban J connectivity index is 1.71. The summed E-state index contributed by atoms with van der Waals surface area (Å²) in [5.41, 5.74) is 2.80. The number of aromatic nitrogens is 2. The molecule has 132 valence electrons. The van der Waals surface area contributed by atoms with Crippen LogP contribution < -0.4 is 0 Å². The summed E-state index contributed by atoms with van der Waals surface area (Å²) in [6, 6.07) is 7.72. The average Bonchev–Trinajstić information content (AvgIpc) is 2.90. The molecule has 1 aliphatic heterocycles. The Morgan fingerprint density at radius 2 is 1.88 bits per heavy atom. The summed E-state index contributed by atoms with van der Waals surface area (Å²) in [4.78, 5) is 33.1. The van der Waals surface area contributed by atoms with Crippen LogP contribution in [0, 0.1) is 0 Å². The first-order chi connectivity index (χ1) is 12.5. The van der Waals surface area contributed by atoms with E-state index in [-0.39, 0.29) is 12.3 Å². The number of carbonyl (C=O) groups is 2. The second-order valence-electron chi connectivity index (χ2n) is 5.58. The Kier molecular flexibility index (Phi) is 5.75. The fourth-order valence-corrected chi connectivity index (χ4v) is 3.76. The highest BCUT2D eigenvalue weighted by atomic mass is 32.2. The molecule has 1 amide bonds. The van der Waals surface area contributed by atoms with Crippen molar-refractivity contribution >= 4 is 46.3 Å². The second kappa shape index (κ2) is 8.20. The molecule has 0 unspecified atom stereocenters. The highest BCUT2D eigenvalue weighted by Gasteiger charge is 2.31. The molecule has 2 aromatic rings. The van der Waals surface area contributed by atoms with E-state index >= 15 is 0 Å². The van der Waals surface area contributed by atoms with Crippen LogP contribution in [0.1, 0.15) is 18.4 Å². The molecule has 8 heteroatoms. The monoisotopic (exact) mass is 385 g/mol. The van der Waals surface area contributed by atoms with Gasteiger partial charge in [0.2, 0.25) is 0 Å². The maximum atomic E-state index is 12.5. The predicted molar refractivity (Wildman–Crippen MR) is 104 cm³/mol. The highest BCUT2D eigenvalue weighted by Crippen LogP contribution is 2.33. The molecule has 1 fully saturated rings. The van der Waals surface area contributed by atoms with Crippen molar-refractivity contribution in [3.8, 4) is 11.1 Å². The first-order valence-electron chi connectivity index (χ1n) is 7.87. The molecule has 0 bridgehead atoms. The van der Waals surface area contributed by atoms with Crippen molar-refractivity contribution in [3.05, 3.63) is 53.5 Å². The first-order valence-corrected chi connectivity index (χ1v) is 9.09. The predicted octanol–water partition coefficient (Wildman–Crippen LogP) is 3.21. The molecular formula is C18H15N3O3S2. The molecule has 2 heterocycles. The van der Waals surface area contributed by atoms with E-state index in [1.54, 1.807) is 18.5 Å². The van der Waals surface area contributed by atoms with E-state index in [9.17, 15) is 9.59 Å². The summed E-state index contributed by atoms with van der Waals surface area (Å²) < 4.78 is 0.463. The molecule has 3 rings (SSSR count). The molecule has 0 spiro atoms. The number of hydrogen-bond donors (Lipinski definition) is 1. The molecule has 1 aliphatic rings. The molecule has 26 heavy (non-hydrogen) atoms. The Bertz CT molecular complexity index is 867. The van der Waals surface area contributed by atoms with Crippen molar-refractivity contribution in [1.82, 2.24) is 14.9 Å². The standard InChI is InChI=1S/C18H15N3O3S2/c22-16(23)2-1-7-21-17(24)15(26-18(21)25)8-12-3-5-13(6-4-12)14-9-19-11-20-10-14/h3-6,8-11H,1-2,7H2,(H,22,23)/b15-8-. The van der Waals surface area contributed by atoms with Gasteiger partial charge in [-0.15, -0.1) is 0 Å². The molecule has 0 aliphatic carbocycles. The number of aliphatic carboxylic acids is 1. The van der Waals surface area contributed by atoms with Crippen LogP contribution in [0.4, 0.5) is 0 Å². The van der Waals surface area contributed by atoms with Gasteiger partial charge in [0.1, 0.15) is 10.6 Å². The summed E-state index contributed by atoms with van der Waals surface area (Å²) >= 11 is 6.48. The third-order valence-electron chi connectivity index (χ3n) is 3.75. The molecule has 6 nitrogen and oxygen atoms in total. The fourth-order valence-electron chi connectivity index (χ4n) is 2.45. The lowest BCUT2D eigenvalue weighted by Crippen LogP contribution is -2.29. The molecule has 1 aromatic carbocycles. The third-order valence-corrected chi connectivity index (χ3v) is 5.13. The van der Waals surface area contributed by atoms with Crippen LogP contribution in [0.15, 0.2) is 47.9 Å². The summed E-state index contributed by atoms with van der Waals surface area (Å²) in [6.07, 6.45) is 7.15. The fraction of sp³-hybridized carbons (Fsp3) is 0.167. The number of carboxylic acid groups (broad SMARTS) is 1. The quantitative estimate of drug-likeness (QED) is 0.604. The van der Waals surface area contributed by atoms with Crippen molar-refractivity contribution in [3.63, 3.8) is 0 Å². The van der Waals surface area contributed by atoms with Crippen LogP contribution in [0.3, 0.4) is 0 Å². The van der Waals surface area contributed by atoms with Gasteiger partial charge in [-0.05, 0) is 23.6 Å². The first kappa shape index (κ1) is 18.2. The number of carboxylic acids is 1. The van der Waals surface area contributed by atoms with Gasteiger partial charge in [-0.3, -0.25) is 14.5 Å². The summed E-state index contributed by atoms with van der Waals surface area (Å²) in [6.45, 7) is 0.321. The molecular weight excluding hydrogens is 370 g/mol. The van der Waals surface area contributed by atoms with E-state index in [4.69, 9.17) is 17.3 Å². The van der Waals surface area contributed by atoms with Gasteiger partial charge in [0.05, 0.1) is 4.91 Å². The van der Waals surface area contributed by atoms with Crippen molar-refractivity contribution < 1.29 is 14.7 Å². The van der Waals surface area contributed by atoms with Crippen LogP contribution in [-0.4, -0.2) is 42.7 Å². The lowest BCUT2D eigenvalue weighted by atomic mass is 10.1. The molecule has 1 N–H and O–H groups in total. The van der Waals surface area contributed by atoms with Gasteiger partial charge in [-0.1, -0.05) is 48.2 Å². The van der Waals surface area contributed by atoms with Crippen molar-refractivity contribution in [1.29, 1.82) is 0 Å². The zero-order valence-electron chi connectivity index (χ0n) is 13.7. The SMILES string of the molecule is O=C(O)CCCN1C(=O)/C(=C/c2ccc(-c3cncnc3)cc2)SC1=S. The number of rotatable bonds is 6. The smallest absolute Gasteiger partial charge is 0.303 e. The lowest BCUT2D eigenvalue weighted by molar-refractivity contribution is -0.137. The zero-order chi connectivity index (χ0) is 18.5. The Morgan fingerprint density at radius 1 is 1.19 bits per heavy atom. The van der Waals surface area contributed by atoms with Crippen LogP contribution in [-0.2, 0) is 9.59 Å². The Morgan fingerprint density at radius 3 is 2.54 bits per heavy atom. The maximum Gasteiger partial charge on any atom is 0.303 e. The van der Waals surface area contributed by atoms with Crippen molar-refractivity contribution in [2.45, 2.75) is 12.8 Å². The minimum Gasteiger partial charge on any atom is -0.481 e. The normalized spacial score (nSPS) is 15.7. The average molecular weight is 385 g/mol. The lowest BCUT2D eigenvalue weighted by Gasteiger charge is -2.13. The van der Waals surface area contributed by atoms with E-state index in [2.05, 4.69) is 9.97 Å². The number of hydrogen-bond acceptors (Lipinski definition) is 6. The number of thiocarbonyl (C=S) groups is 1. The number of carbonyl (C=O) groups excluding carboxylic acids is 1. The van der Waals surface area contributed by atoms with Gasteiger partial charge in [0.15, 0.2) is 0 Å². The third kappa shape index (κ3) is 4.33. The number of thioether (sulfide) groups is 1.